The molecule has 1 amide bonds. The summed E-state index contributed by atoms with van der Waals surface area (Å²) in [6.45, 7) is 5.30. The van der Waals surface area contributed by atoms with Crippen LogP contribution in [0, 0.1) is 5.92 Å². The minimum Gasteiger partial charge on any atom is -0.339 e. The fourth-order valence-electron chi connectivity index (χ4n) is 3.68. The highest BCUT2D eigenvalue weighted by atomic mass is 32.2. The van der Waals surface area contributed by atoms with Crippen LogP contribution in [0.3, 0.4) is 0 Å². The summed E-state index contributed by atoms with van der Waals surface area (Å²) < 4.78 is 28.9. The molecule has 2 aliphatic rings. The van der Waals surface area contributed by atoms with Crippen LogP contribution in [0.1, 0.15) is 33.1 Å². The molecule has 2 fully saturated rings. The largest absolute Gasteiger partial charge is 0.339 e. The van der Waals surface area contributed by atoms with Gasteiger partial charge in [0.2, 0.25) is 5.91 Å². The lowest BCUT2D eigenvalue weighted by Crippen LogP contribution is -2.54. The number of fused-ring (bicyclic) bond motifs is 1. The van der Waals surface area contributed by atoms with Crippen molar-refractivity contribution in [3.63, 3.8) is 0 Å². The van der Waals surface area contributed by atoms with E-state index >= 15 is 0 Å². The van der Waals surface area contributed by atoms with E-state index in [9.17, 15) is 13.2 Å². The Bertz CT molecular complexity index is 697. The third kappa shape index (κ3) is 2.89. The van der Waals surface area contributed by atoms with Crippen LogP contribution in [-0.4, -0.2) is 58.3 Å². The fraction of sp³-hybridized carbons (Fsp3) is 0.733. The summed E-state index contributed by atoms with van der Waals surface area (Å²) in [5.74, 6) is 0.524. The van der Waals surface area contributed by atoms with Crippen LogP contribution in [0.2, 0.25) is 0 Å². The Morgan fingerprint density at radius 3 is 2.65 bits per heavy atom. The minimum atomic E-state index is -3.59. The number of aryl methyl sites for hydroxylation is 1. The molecule has 23 heavy (non-hydrogen) atoms. The molecule has 128 valence electrons. The lowest BCUT2D eigenvalue weighted by atomic mass is 9.96. The van der Waals surface area contributed by atoms with Crippen LogP contribution in [0.4, 0.5) is 0 Å². The third-order valence-electron chi connectivity index (χ3n) is 4.65. The zero-order chi connectivity index (χ0) is 16.8. The molecule has 7 nitrogen and oxygen atoms in total. The second-order valence-corrected chi connectivity index (χ2v) is 8.73. The minimum absolute atomic E-state index is 0.00265. The van der Waals surface area contributed by atoms with Crippen molar-refractivity contribution in [3.05, 3.63) is 12.5 Å². The number of nitrogens with zero attached hydrogens (tertiary/aromatic N) is 4. The lowest BCUT2D eigenvalue weighted by molar-refractivity contribution is -0.137. The van der Waals surface area contributed by atoms with Crippen molar-refractivity contribution in [1.29, 1.82) is 0 Å². The first-order valence-corrected chi connectivity index (χ1v) is 9.54. The topological polar surface area (TPSA) is 75.5 Å². The van der Waals surface area contributed by atoms with Gasteiger partial charge in [-0.2, -0.15) is 4.31 Å². The summed E-state index contributed by atoms with van der Waals surface area (Å²) in [6, 6.07) is -0.129. The van der Waals surface area contributed by atoms with Gasteiger partial charge in [0.1, 0.15) is 0 Å². The molecule has 0 aromatic carbocycles. The molecule has 0 saturated carbocycles. The number of aromatic nitrogens is 2. The summed E-state index contributed by atoms with van der Waals surface area (Å²) in [6.07, 6.45) is 4.75. The van der Waals surface area contributed by atoms with Crippen molar-refractivity contribution in [2.24, 2.45) is 13.0 Å². The molecule has 3 heterocycles. The Kier molecular flexibility index (Phi) is 4.22. The molecule has 2 saturated heterocycles. The van der Waals surface area contributed by atoms with E-state index in [1.54, 1.807) is 15.9 Å². The predicted octanol–water partition coefficient (Wildman–Crippen LogP) is 0.830. The van der Waals surface area contributed by atoms with Crippen molar-refractivity contribution in [2.45, 2.75) is 50.2 Å². The second kappa shape index (κ2) is 5.90. The van der Waals surface area contributed by atoms with Gasteiger partial charge in [-0.3, -0.25) is 4.79 Å². The van der Waals surface area contributed by atoms with Crippen LogP contribution >= 0.6 is 0 Å². The van der Waals surface area contributed by atoms with E-state index < -0.39 is 10.0 Å². The maximum atomic E-state index is 12.9. The average Bonchev–Trinajstić information content (AvgIpc) is 3.08. The zero-order valence-corrected chi connectivity index (χ0v) is 14.7. The summed E-state index contributed by atoms with van der Waals surface area (Å²) in [4.78, 5) is 18.1. The second-order valence-electron chi connectivity index (χ2n) is 6.90. The van der Waals surface area contributed by atoms with Crippen LogP contribution in [0.5, 0.6) is 0 Å². The summed E-state index contributed by atoms with van der Waals surface area (Å²) in [5, 5.41) is 0.0907. The molecule has 0 aliphatic carbocycles. The third-order valence-corrected chi connectivity index (χ3v) is 6.46. The van der Waals surface area contributed by atoms with E-state index in [0.717, 1.165) is 0 Å². The average molecular weight is 340 g/mol. The highest BCUT2D eigenvalue weighted by Gasteiger charge is 2.48. The van der Waals surface area contributed by atoms with Gasteiger partial charge in [0.25, 0.3) is 10.0 Å². The molecule has 8 heteroatoms. The SMILES string of the molecule is CC(C)CN1C(=O)CC[C@@H]2[C@H]1CCN2S(=O)(=O)c1cn(C)cn1. The first-order chi connectivity index (χ1) is 10.8. The standard InChI is InChI=1S/C15H24N4O3S/c1-11(2)8-18-12-6-7-19(13(12)4-5-15(18)20)23(21,22)14-9-17(3)10-16-14/h9-13H,4-8H2,1-3H3/t12-,13-/m1/s1. The molecule has 0 radical (unpaired) electrons. The van der Waals surface area contributed by atoms with E-state index in [-0.39, 0.29) is 23.0 Å². The van der Waals surface area contributed by atoms with E-state index in [1.165, 1.54) is 12.5 Å². The summed E-state index contributed by atoms with van der Waals surface area (Å²) in [5.41, 5.74) is 0. The number of likely N-dealkylation sites (tertiary alicyclic amines) is 1. The van der Waals surface area contributed by atoms with Gasteiger partial charge < -0.3 is 9.47 Å². The van der Waals surface area contributed by atoms with Crippen molar-refractivity contribution in [2.75, 3.05) is 13.1 Å². The molecule has 3 rings (SSSR count). The van der Waals surface area contributed by atoms with Gasteiger partial charge in [0.15, 0.2) is 5.03 Å². The van der Waals surface area contributed by atoms with Crippen molar-refractivity contribution in [1.82, 2.24) is 18.8 Å². The van der Waals surface area contributed by atoms with Gasteiger partial charge in [0, 0.05) is 44.8 Å². The first kappa shape index (κ1) is 16.4. The van der Waals surface area contributed by atoms with Gasteiger partial charge in [-0.15, -0.1) is 0 Å². The normalized spacial score (nSPS) is 26.1. The number of sulfonamides is 1. The van der Waals surface area contributed by atoms with Gasteiger partial charge in [-0.1, -0.05) is 13.8 Å². The molecule has 0 spiro atoms. The van der Waals surface area contributed by atoms with Crippen molar-refractivity contribution in [3.8, 4) is 0 Å². The predicted molar refractivity (Wildman–Crippen MR) is 85.1 cm³/mol. The summed E-state index contributed by atoms with van der Waals surface area (Å²) in [7, 11) is -1.84. The molecule has 1 aromatic heterocycles. The number of rotatable bonds is 4. The molecular formula is C15H24N4O3S. The van der Waals surface area contributed by atoms with Gasteiger partial charge >= 0.3 is 0 Å². The quantitative estimate of drug-likeness (QED) is 0.814. The number of imidazole rings is 1. The van der Waals surface area contributed by atoms with Gasteiger partial charge in [-0.25, -0.2) is 13.4 Å². The maximum Gasteiger partial charge on any atom is 0.262 e. The Balaban J connectivity index is 1.86. The van der Waals surface area contributed by atoms with E-state index in [1.807, 2.05) is 4.90 Å². The first-order valence-electron chi connectivity index (χ1n) is 8.10. The molecule has 2 aliphatic heterocycles. The Morgan fingerprint density at radius 1 is 1.30 bits per heavy atom. The van der Waals surface area contributed by atoms with E-state index in [2.05, 4.69) is 18.8 Å². The highest BCUT2D eigenvalue weighted by molar-refractivity contribution is 7.89. The molecule has 1 aromatic rings. The van der Waals surface area contributed by atoms with Crippen LogP contribution in [0.15, 0.2) is 17.6 Å². The smallest absolute Gasteiger partial charge is 0.262 e. The molecule has 0 N–H and O–H groups in total. The molecule has 0 bridgehead atoms. The van der Waals surface area contributed by atoms with Gasteiger partial charge in [0.05, 0.1) is 6.33 Å². The molecular weight excluding hydrogens is 316 g/mol. The van der Waals surface area contributed by atoms with Crippen LogP contribution in [-0.2, 0) is 21.9 Å². The molecule has 0 unspecified atom stereocenters. The van der Waals surface area contributed by atoms with Crippen LogP contribution in [0.25, 0.3) is 0 Å². The molecule has 2 atom stereocenters. The number of amides is 1. The summed E-state index contributed by atoms with van der Waals surface area (Å²) >= 11 is 0. The Morgan fingerprint density at radius 2 is 2.04 bits per heavy atom. The van der Waals surface area contributed by atoms with E-state index in [0.29, 0.717) is 38.3 Å². The van der Waals surface area contributed by atoms with Crippen molar-refractivity contribution < 1.29 is 13.2 Å². The maximum absolute atomic E-state index is 12.9. The monoisotopic (exact) mass is 340 g/mol. The number of carbonyl (C=O) groups is 1. The number of piperidine rings is 1. The zero-order valence-electron chi connectivity index (χ0n) is 13.8. The van der Waals surface area contributed by atoms with Gasteiger partial charge in [-0.05, 0) is 18.8 Å². The van der Waals surface area contributed by atoms with Crippen LogP contribution < -0.4 is 0 Å². The Hall–Kier alpha value is -1.41. The number of hydrogen-bond acceptors (Lipinski definition) is 4. The lowest BCUT2D eigenvalue weighted by Gasteiger charge is -2.40. The number of carbonyl (C=O) groups excluding carboxylic acids is 1. The highest BCUT2D eigenvalue weighted by Crippen LogP contribution is 2.35. The fourth-order valence-corrected chi connectivity index (χ4v) is 5.35. The van der Waals surface area contributed by atoms with Crippen molar-refractivity contribution >= 4 is 15.9 Å². The Labute approximate surface area is 137 Å². The van der Waals surface area contributed by atoms with E-state index in [4.69, 9.17) is 0 Å². The number of hydrogen-bond donors (Lipinski definition) is 0.